The van der Waals surface area contributed by atoms with Crippen LogP contribution >= 0.6 is 11.8 Å². The zero-order valence-electron chi connectivity index (χ0n) is 11.7. The van der Waals surface area contributed by atoms with Gasteiger partial charge < -0.3 is 5.32 Å². The molecule has 0 bridgehead atoms. The highest BCUT2D eigenvalue weighted by molar-refractivity contribution is 8.14. The summed E-state index contributed by atoms with van der Waals surface area (Å²) in [6, 6.07) is 0.604. The highest BCUT2D eigenvalue weighted by Crippen LogP contribution is 2.39. The Bertz CT molecular complexity index is 331. The summed E-state index contributed by atoms with van der Waals surface area (Å²) in [5.74, 6) is 3.07. The molecule has 2 aliphatic carbocycles. The summed E-state index contributed by atoms with van der Waals surface area (Å²) < 4.78 is 0. The van der Waals surface area contributed by atoms with Crippen LogP contribution in [0, 0.1) is 11.8 Å². The van der Waals surface area contributed by atoms with Crippen LogP contribution in [0.2, 0.25) is 0 Å². The van der Waals surface area contributed by atoms with Gasteiger partial charge in [0.05, 0.1) is 6.04 Å². The second-order valence-electron chi connectivity index (χ2n) is 6.88. The van der Waals surface area contributed by atoms with Gasteiger partial charge in [-0.2, -0.15) is 0 Å². The molecule has 2 atom stereocenters. The van der Waals surface area contributed by atoms with Crippen molar-refractivity contribution in [1.29, 1.82) is 0 Å². The number of amidine groups is 1. The molecule has 1 spiro atoms. The standard InChI is InChI=1S/C15H26N2S/c1-11-5-7-15(8-6-11)10-18-14(17-15)16-13-4-3-12(2)9-13/h11-13H,3-10H2,1-2H3,(H,16,17). The lowest BCUT2D eigenvalue weighted by atomic mass is 9.78. The minimum absolute atomic E-state index is 0.403. The number of nitrogens with zero attached hydrogens (tertiary/aromatic N) is 1. The molecular weight excluding hydrogens is 240 g/mol. The Labute approximate surface area is 115 Å². The number of thioether (sulfide) groups is 1. The van der Waals surface area contributed by atoms with Crippen molar-refractivity contribution in [2.24, 2.45) is 16.8 Å². The van der Waals surface area contributed by atoms with Crippen LogP contribution in [0.15, 0.2) is 4.99 Å². The highest BCUT2D eigenvalue weighted by atomic mass is 32.2. The van der Waals surface area contributed by atoms with E-state index < -0.39 is 0 Å². The third kappa shape index (κ3) is 2.71. The molecule has 3 fully saturated rings. The lowest BCUT2D eigenvalue weighted by molar-refractivity contribution is 0.250. The van der Waals surface area contributed by atoms with E-state index in [1.807, 2.05) is 11.8 Å². The smallest absolute Gasteiger partial charge is 0.157 e. The number of nitrogens with one attached hydrogen (secondary N) is 1. The largest absolute Gasteiger partial charge is 0.359 e. The Hall–Kier alpha value is -0.180. The predicted molar refractivity (Wildman–Crippen MR) is 80.2 cm³/mol. The minimum Gasteiger partial charge on any atom is -0.359 e. The molecule has 1 heterocycles. The van der Waals surface area contributed by atoms with Gasteiger partial charge >= 0.3 is 0 Å². The average Bonchev–Trinajstić information content (AvgIpc) is 2.92. The van der Waals surface area contributed by atoms with Crippen molar-refractivity contribution >= 4 is 16.9 Å². The Kier molecular flexibility index (Phi) is 3.61. The molecule has 0 amide bonds. The molecule has 1 aliphatic heterocycles. The third-order valence-electron chi connectivity index (χ3n) is 5.06. The summed E-state index contributed by atoms with van der Waals surface area (Å²) in [7, 11) is 0. The van der Waals surface area contributed by atoms with E-state index in [1.165, 1.54) is 55.9 Å². The molecule has 0 aromatic carbocycles. The second-order valence-corrected chi connectivity index (χ2v) is 7.85. The molecule has 3 heteroatoms. The summed E-state index contributed by atoms with van der Waals surface area (Å²) in [5, 5.41) is 5.03. The fourth-order valence-electron chi connectivity index (χ4n) is 3.62. The molecule has 102 valence electrons. The highest BCUT2D eigenvalue weighted by Gasteiger charge is 2.40. The van der Waals surface area contributed by atoms with Gasteiger partial charge in [-0.15, -0.1) is 0 Å². The van der Waals surface area contributed by atoms with Crippen LogP contribution in [0.5, 0.6) is 0 Å². The Morgan fingerprint density at radius 1 is 1.11 bits per heavy atom. The molecule has 1 saturated heterocycles. The summed E-state index contributed by atoms with van der Waals surface area (Å²) in [6.45, 7) is 4.75. The first-order valence-electron chi connectivity index (χ1n) is 7.64. The monoisotopic (exact) mass is 266 g/mol. The minimum atomic E-state index is 0.403. The first-order valence-corrected chi connectivity index (χ1v) is 8.63. The molecule has 2 saturated carbocycles. The van der Waals surface area contributed by atoms with E-state index in [1.54, 1.807) is 0 Å². The zero-order chi connectivity index (χ0) is 12.6. The lowest BCUT2D eigenvalue weighted by Gasteiger charge is -2.35. The number of hydrogen-bond acceptors (Lipinski definition) is 2. The maximum Gasteiger partial charge on any atom is 0.157 e. The molecule has 18 heavy (non-hydrogen) atoms. The van der Waals surface area contributed by atoms with Crippen molar-refractivity contribution < 1.29 is 0 Å². The van der Waals surface area contributed by atoms with Crippen molar-refractivity contribution in [1.82, 2.24) is 5.32 Å². The molecule has 0 aromatic heterocycles. The lowest BCUT2D eigenvalue weighted by Crippen LogP contribution is -2.46. The van der Waals surface area contributed by atoms with Crippen molar-refractivity contribution in [2.45, 2.75) is 70.4 Å². The quantitative estimate of drug-likeness (QED) is 0.780. The maximum atomic E-state index is 4.96. The van der Waals surface area contributed by atoms with Gasteiger partial charge in [0.1, 0.15) is 0 Å². The maximum absolute atomic E-state index is 4.96. The topological polar surface area (TPSA) is 24.4 Å². The van der Waals surface area contributed by atoms with Gasteiger partial charge in [0.25, 0.3) is 0 Å². The summed E-state index contributed by atoms with van der Waals surface area (Å²) in [5.41, 5.74) is 0.403. The van der Waals surface area contributed by atoms with Crippen LogP contribution in [0.25, 0.3) is 0 Å². The molecule has 3 aliphatic rings. The number of rotatable bonds is 1. The molecular formula is C15H26N2S. The van der Waals surface area contributed by atoms with Crippen molar-refractivity contribution in [3.8, 4) is 0 Å². The molecule has 3 rings (SSSR count). The van der Waals surface area contributed by atoms with Crippen LogP contribution in [0.1, 0.15) is 58.8 Å². The summed E-state index contributed by atoms with van der Waals surface area (Å²) in [4.78, 5) is 4.96. The van der Waals surface area contributed by atoms with Crippen LogP contribution in [0.3, 0.4) is 0 Å². The number of hydrogen-bond donors (Lipinski definition) is 1. The van der Waals surface area contributed by atoms with Crippen LogP contribution in [0.4, 0.5) is 0 Å². The summed E-state index contributed by atoms with van der Waals surface area (Å²) in [6.07, 6.45) is 9.45. The van der Waals surface area contributed by atoms with Gasteiger partial charge in [-0.25, -0.2) is 0 Å². The summed E-state index contributed by atoms with van der Waals surface area (Å²) >= 11 is 1.98. The van der Waals surface area contributed by atoms with Gasteiger partial charge in [-0.05, 0) is 56.8 Å². The molecule has 0 radical (unpaired) electrons. The Balaban J connectivity index is 1.59. The fraction of sp³-hybridized carbons (Fsp3) is 0.933. The normalized spacial score (nSPS) is 46.8. The van der Waals surface area contributed by atoms with E-state index in [-0.39, 0.29) is 0 Å². The molecule has 0 aromatic rings. The first kappa shape index (κ1) is 12.8. The average molecular weight is 266 g/mol. The zero-order valence-corrected chi connectivity index (χ0v) is 12.6. The number of aliphatic imine (C=N–C) groups is 1. The van der Waals surface area contributed by atoms with Gasteiger partial charge in [-0.1, -0.05) is 25.6 Å². The van der Waals surface area contributed by atoms with Crippen molar-refractivity contribution in [3.05, 3.63) is 0 Å². The fourth-order valence-corrected chi connectivity index (χ4v) is 4.91. The molecule has 1 N–H and O–H groups in total. The third-order valence-corrected chi connectivity index (χ3v) is 6.23. The van der Waals surface area contributed by atoms with E-state index in [0.29, 0.717) is 11.6 Å². The SMILES string of the molecule is CC1CCC2(CC1)CSC(=NC1CCC(C)C1)N2. The van der Waals surface area contributed by atoms with Crippen molar-refractivity contribution in [3.63, 3.8) is 0 Å². The van der Waals surface area contributed by atoms with E-state index in [4.69, 9.17) is 4.99 Å². The van der Waals surface area contributed by atoms with E-state index >= 15 is 0 Å². The van der Waals surface area contributed by atoms with Gasteiger partial charge in [0, 0.05) is 11.3 Å². The first-order chi connectivity index (χ1) is 8.65. The Morgan fingerprint density at radius 2 is 1.89 bits per heavy atom. The van der Waals surface area contributed by atoms with E-state index in [0.717, 1.165) is 11.8 Å². The van der Waals surface area contributed by atoms with Gasteiger partial charge in [0.15, 0.2) is 5.17 Å². The van der Waals surface area contributed by atoms with Crippen LogP contribution in [-0.2, 0) is 0 Å². The molecule has 2 unspecified atom stereocenters. The van der Waals surface area contributed by atoms with Crippen LogP contribution < -0.4 is 5.32 Å². The predicted octanol–water partition coefficient (Wildman–Crippen LogP) is 3.82. The van der Waals surface area contributed by atoms with Crippen molar-refractivity contribution in [2.75, 3.05) is 5.75 Å². The second kappa shape index (κ2) is 5.07. The van der Waals surface area contributed by atoms with Gasteiger partial charge in [-0.3, -0.25) is 4.99 Å². The molecule has 2 nitrogen and oxygen atoms in total. The van der Waals surface area contributed by atoms with Gasteiger partial charge in [0.2, 0.25) is 0 Å². The van der Waals surface area contributed by atoms with E-state index in [9.17, 15) is 0 Å². The van der Waals surface area contributed by atoms with Crippen LogP contribution in [-0.4, -0.2) is 22.5 Å². The van der Waals surface area contributed by atoms with E-state index in [2.05, 4.69) is 19.2 Å². The Morgan fingerprint density at radius 3 is 2.56 bits per heavy atom.